The van der Waals surface area contributed by atoms with Crippen LogP contribution in [0.2, 0.25) is 0 Å². The zero-order valence-electron chi connectivity index (χ0n) is 32.0. The van der Waals surface area contributed by atoms with Crippen LogP contribution in [0.15, 0.2) is 53.0 Å². The fraction of sp³-hybridized carbons (Fsp3) is 0.585. The molecular formula is C41H53N5O7S. The molecule has 9 atom stereocenters. The summed E-state index contributed by atoms with van der Waals surface area (Å²) in [5.74, 6) is 0.248. The maximum Gasteiger partial charge on any atom is 0.286 e. The summed E-state index contributed by atoms with van der Waals surface area (Å²) >= 11 is 0. The summed E-state index contributed by atoms with van der Waals surface area (Å²) in [6, 6.07) is 14.1. The molecule has 2 bridgehead atoms. The molecule has 1 saturated heterocycles. The maximum atomic E-state index is 15.0. The van der Waals surface area contributed by atoms with Crippen molar-refractivity contribution in [2.24, 2.45) is 41.0 Å². The van der Waals surface area contributed by atoms with Gasteiger partial charge in [0.2, 0.25) is 5.88 Å². The molecule has 13 heteroatoms. The van der Waals surface area contributed by atoms with E-state index in [4.69, 9.17) is 18.9 Å². The predicted molar refractivity (Wildman–Crippen MR) is 205 cm³/mol. The average molecular weight is 760 g/mol. The molecule has 2 amide bonds. The fourth-order valence-electron chi connectivity index (χ4n) is 10.0. The Labute approximate surface area is 318 Å². The topological polar surface area (TPSA) is 134 Å². The van der Waals surface area contributed by atoms with Gasteiger partial charge in [-0.05, 0) is 97.4 Å². The third-order valence-corrected chi connectivity index (χ3v) is 14.9. The number of ether oxygens (including phenoxy) is 4. The quantitative estimate of drug-likeness (QED) is 0.362. The van der Waals surface area contributed by atoms with Crippen LogP contribution >= 0.6 is 0 Å². The number of amides is 2. The van der Waals surface area contributed by atoms with E-state index in [1.165, 1.54) is 29.1 Å². The standard InChI is InChI=1S/C41H53N5O7S/c1-25-21-52-37-26(2)22-54(49,44-39(48)32-20-45(3)42-40(32)51-5)43-38(47)28-13-15-35-34(17-28)46(19-29-12-14-30(29)36(50-4)18-31(25)37)23-41(24-53-35)16-8-10-27-9-6-7-11-33(27)41/h6-7,9,11,13,15,17,20,25-26,29-31,36-37H,8,10,12,14,16,18-19,21-24H2,1-5H3,(H,43,44,47,48,49)/t25-,26-,29+,30-,31+,36+,37-,41+,54+/m1/s1. The molecule has 1 aromatic heterocycles. The highest BCUT2D eigenvalue weighted by Gasteiger charge is 2.47. The van der Waals surface area contributed by atoms with Gasteiger partial charge in [-0.2, -0.15) is 0 Å². The molecule has 8 rings (SSSR count). The number of aryl methyl sites for hydroxylation is 2. The Morgan fingerprint density at radius 3 is 2.70 bits per heavy atom. The van der Waals surface area contributed by atoms with Crippen LogP contribution in [0.25, 0.3) is 0 Å². The Morgan fingerprint density at radius 1 is 1.09 bits per heavy atom. The number of hydrogen-bond acceptors (Lipinski definition) is 9. The molecule has 0 radical (unpaired) electrons. The van der Waals surface area contributed by atoms with Crippen molar-refractivity contribution in [2.45, 2.75) is 70.0 Å². The minimum absolute atomic E-state index is 0.0345. The smallest absolute Gasteiger partial charge is 0.286 e. The first kappa shape index (κ1) is 37.0. The van der Waals surface area contributed by atoms with Crippen LogP contribution in [0.4, 0.5) is 5.69 Å². The van der Waals surface area contributed by atoms with Gasteiger partial charge in [-0.15, -0.1) is 9.46 Å². The van der Waals surface area contributed by atoms with Crippen molar-refractivity contribution in [3.8, 4) is 11.6 Å². The van der Waals surface area contributed by atoms with E-state index in [0.29, 0.717) is 25.0 Å². The van der Waals surface area contributed by atoms with Gasteiger partial charge >= 0.3 is 0 Å². The Hall–Kier alpha value is -3.94. The number of aromatic nitrogens is 2. The Bertz CT molecular complexity index is 2040. The molecule has 290 valence electrons. The van der Waals surface area contributed by atoms with Gasteiger partial charge in [-0.25, -0.2) is 4.21 Å². The summed E-state index contributed by atoms with van der Waals surface area (Å²) < 4.78 is 48.3. The van der Waals surface area contributed by atoms with E-state index < -0.39 is 21.7 Å². The summed E-state index contributed by atoms with van der Waals surface area (Å²) in [5.41, 5.74) is 3.73. The van der Waals surface area contributed by atoms with Crippen molar-refractivity contribution in [3.05, 3.63) is 70.9 Å². The minimum Gasteiger partial charge on any atom is -0.490 e. The first-order valence-electron chi connectivity index (χ1n) is 19.4. The lowest BCUT2D eigenvalue weighted by atomic mass is 9.67. The van der Waals surface area contributed by atoms with Crippen LogP contribution in [-0.2, 0) is 38.3 Å². The monoisotopic (exact) mass is 759 g/mol. The van der Waals surface area contributed by atoms with E-state index in [9.17, 15) is 13.8 Å². The normalized spacial score (nSPS) is 33.6. The highest BCUT2D eigenvalue weighted by molar-refractivity contribution is 7.92. The number of carbonyl (C=O) groups is 2. The Kier molecular flexibility index (Phi) is 10.0. The number of methoxy groups -OCH3 is 2. The van der Waals surface area contributed by atoms with Crippen LogP contribution < -0.4 is 19.1 Å². The van der Waals surface area contributed by atoms with E-state index >= 15 is 0 Å². The van der Waals surface area contributed by atoms with Gasteiger partial charge in [-0.1, -0.05) is 38.1 Å². The van der Waals surface area contributed by atoms with Crippen LogP contribution in [-0.4, -0.2) is 84.3 Å². The summed E-state index contributed by atoms with van der Waals surface area (Å²) in [7, 11) is 1.23. The largest absolute Gasteiger partial charge is 0.490 e. The number of nitrogens with one attached hydrogen (secondary N) is 1. The second kappa shape index (κ2) is 14.6. The molecule has 5 aliphatic rings. The molecule has 2 fully saturated rings. The molecule has 3 aliphatic heterocycles. The van der Waals surface area contributed by atoms with Gasteiger partial charge < -0.3 is 23.8 Å². The van der Waals surface area contributed by atoms with E-state index in [2.05, 4.69) is 50.3 Å². The zero-order chi connectivity index (χ0) is 37.8. The van der Waals surface area contributed by atoms with Crippen molar-refractivity contribution in [2.75, 3.05) is 51.2 Å². The Morgan fingerprint density at radius 2 is 1.93 bits per heavy atom. The summed E-state index contributed by atoms with van der Waals surface area (Å²) in [5, 5.41) is 4.19. The lowest BCUT2D eigenvalue weighted by Gasteiger charge is -2.47. The third kappa shape index (κ3) is 6.81. The van der Waals surface area contributed by atoms with E-state index in [1.807, 2.05) is 26.2 Å². The molecule has 2 aliphatic carbocycles. The number of fused-ring (bicyclic) bond motifs is 5. The van der Waals surface area contributed by atoms with Crippen molar-refractivity contribution in [1.82, 2.24) is 14.5 Å². The number of anilines is 1. The lowest BCUT2D eigenvalue weighted by Crippen LogP contribution is -2.50. The SMILES string of the molecule is COc1nn(C)cc1C(=O)N[S@@]1(=O)=NC(=O)c2ccc3c(c2)N(C[C@@H]2CC[C@H]2[C@@H](OC)C[C@@H]2[C@H](OC[C@H]2C)[C@H](C)C1)C[C@@]1(CCCc2ccccc21)CO3. The molecule has 3 aromatic rings. The van der Waals surface area contributed by atoms with E-state index in [-0.39, 0.29) is 58.1 Å². The molecular weight excluding hydrogens is 707 g/mol. The van der Waals surface area contributed by atoms with E-state index in [1.54, 1.807) is 13.1 Å². The van der Waals surface area contributed by atoms with Gasteiger partial charge in [0.15, 0.2) is 0 Å². The van der Waals surface area contributed by atoms with Gasteiger partial charge in [0.05, 0.1) is 37.4 Å². The van der Waals surface area contributed by atoms with Gasteiger partial charge in [0, 0.05) is 51.0 Å². The zero-order valence-corrected chi connectivity index (χ0v) is 32.8. The molecule has 54 heavy (non-hydrogen) atoms. The Balaban J connectivity index is 1.23. The predicted octanol–water partition coefficient (Wildman–Crippen LogP) is 5.59. The van der Waals surface area contributed by atoms with Crippen molar-refractivity contribution in [3.63, 3.8) is 0 Å². The lowest BCUT2D eigenvalue weighted by molar-refractivity contribution is -0.0419. The van der Waals surface area contributed by atoms with Crippen molar-refractivity contribution >= 4 is 27.4 Å². The highest BCUT2D eigenvalue weighted by atomic mass is 32.2. The highest BCUT2D eigenvalue weighted by Crippen LogP contribution is 2.48. The van der Waals surface area contributed by atoms with Crippen LogP contribution in [0, 0.1) is 29.6 Å². The van der Waals surface area contributed by atoms with E-state index in [0.717, 1.165) is 63.1 Å². The molecule has 1 spiro atoms. The van der Waals surface area contributed by atoms with Crippen molar-refractivity contribution in [1.29, 1.82) is 0 Å². The summed E-state index contributed by atoms with van der Waals surface area (Å²) in [4.78, 5) is 30.4. The van der Waals surface area contributed by atoms with Gasteiger partial charge in [-0.3, -0.25) is 19.0 Å². The molecule has 0 unspecified atom stereocenters. The number of hydrogen-bond donors (Lipinski definition) is 1. The first-order valence-corrected chi connectivity index (χ1v) is 21.1. The maximum absolute atomic E-state index is 15.0. The van der Waals surface area contributed by atoms with Crippen molar-refractivity contribution < 1.29 is 32.7 Å². The number of benzene rings is 2. The van der Waals surface area contributed by atoms with Crippen LogP contribution in [0.3, 0.4) is 0 Å². The number of nitrogens with zero attached hydrogens (tertiary/aromatic N) is 4. The van der Waals surface area contributed by atoms with Gasteiger partial charge in [0.25, 0.3) is 11.8 Å². The van der Waals surface area contributed by atoms with Crippen LogP contribution in [0.1, 0.15) is 77.8 Å². The molecule has 1 N–H and O–H groups in total. The first-order chi connectivity index (χ1) is 26.0. The summed E-state index contributed by atoms with van der Waals surface area (Å²) in [6.45, 7) is 6.84. The average Bonchev–Trinajstić information content (AvgIpc) is 3.67. The van der Waals surface area contributed by atoms with Crippen LogP contribution in [0.5, 0.6) is 11.6 Å². The molecule has 1 saturated carbocycles. The second-order valence-corrected chi connectivity index (χ2v) is 18.4. The summed E-state index contributed by atoms with van der Waals surface area (Å²) in [6.07, 6.45) is 7.42. The molecule has 12 nitrogen and oxygen atoms in total. The third-order valence-electron chi connectivity index (χ3n) is 12.9. The van der Waals surface area contributed by atoms with Gasteiger partial charge in [0.1, 0.15) is 21.2 Å². The number of rotatable bonds is 4. The second-order valence-electron chi connectivity index (χ2n) is 16.4. The molecule has 4 heterocycles. The minimum atomic E-state index is -3.68. The molecule has 2 aromatic carbocycles. The number of carbonyl (C=O) groups excluding carboxylic acids is 2. The fourth-order valence-corrected chi connectivity index (χ4v) is 11.9.